The Kier molecular flexibility index (Phi) is 14.7. The number of carbonyl (C=O) groups excluding carboxylic acids is 2. The van der Waals surface area contributed by atoms with Gasteiger partial charge in [0, 0.05) is 11.8 Å². The molecule has 0 aliphatic rings. The Labute approximate surface area is 191 Å². The summed E-state index contributed by atoms with van der Waals surface area (Å²) in [6, 6.07) is 6.57. The summed E-state index contributed by atoms with van der Waals surface area (Å²) in [5, 5.41) is 20.4. The van der Waals surface area contributed by atoms with Crippen LogP contribution in [-0.2, 0) is 20.7 Å². The molecule has 0 aromatic heterocycles. The lowest BCUT2D eigenvalue weighted by Gasteiger charge is -2.18. The normalized spacial score (nSPS) is 13.5. The summed E-state index contributed by atoms with van der Waals surface area (Å²) in [5.41, 5.74) is 2.37. The molecule has 0 saturated heterocycles. The van der Waals surface area contributed by atoms with E-state index in [1.54, 1.807) is 19.2 Å². The molecule has 1 rings (SSSR count). The highest BCUT2D eigenvalue weighted by molar-refractivity contribution is 7.46. The molecule has 0 fully saturated rings. The lowest BCUT2D eigenvalue weighted by Crippen LogP contribution is -2.46. The number of amides is 2. The Hall–Kier alpha value is -1.87. The molecule has 0 heterocycles. The van der Waals surface area contributed by atoms with Crippen LogP contribution in [-0.4, -0.2) is 67.8 Å². The lowest BCUT2D eigenvalue weighted by molar-refractivity contribution is -0.126. The number of hydrogen-bond acceptors (Lipinski definition) is 7. The maximum absolute atomic E-state index is 12.7. The number of likely N-dealkylation sites (N-methyl/N-ethyl adjacent to an activating group) is 1. The molecule has 0 aliphatic heterocycles. The first-order valence-electron chi connectivity index (χ1n) is 10.7. The van der Waals surface area contributed by atoms with Crippen LogP contribution < -0.4 is 21.3 Å². The Balaban J connectivity index is 2.54. The van der Waals surface area contributed by atoms with Crippen LogP contribution >= 0.6 is 8.38 Å². The number of aliphatic hydroxyl groups is 1. The first-order valence-corrected chi connectivity index (χ1v) is 12.1. The number of rotatable bonds is 16. The van der Waals surface area contributed by atoms with E-state index in [0.717, 1.165) is 24.1 Å². The van der Waals surface area contributed by atoms with Crippen molar-refractivity contribution in [2.45, 2.75) is 38.8 Å². The van der Waals surface area contributed by atoms with Gasteiger partial charge in [-0.05, 0) is 64.5 Å². The minimum absolute atomic E-state index is 0.0200. The number of benzene rings is 1. The van der Waals surface area contributed by atoms with Gasteiger partial charge in [-0.1, -0.05) is 23.8 Å². The zero-order valence-corrected chi connectivity index (χ0v) is 20.1. The predicted molar refractivity (Wildman–Crippen MR) is 128 cm³/mol. The third-order valence-electron chi connectivity index (χ3n) is 4.57. The van der Waals surface area contributed by atoms with Crippen molar-refractivity contribution in [3.8, 4) is 0 Å². The van der Waals surface area contributed by atoms with Crippen molar-refractivity contribution in [3.05, 3.63) is 41.5 Å². The van der Waals surface area contributed by atoms with Crippen LogP contribution in [0.1, 0.15) is 31.7 Å². The second-order valence-electron chi connectivity index (χ2n) is 7.43. The van der Waals surface area contributed by atoms with Gasteiger partial charge in [-0.3, -0.25) is 9.59 Å². The summed E-state index contributed by atoms with van der Waals surface area (Å²) in [6.07, 6.45) is 4.33. The van der Waals surface area contributed by atoms with Crippen LogP contribution in [0, 0.1) is 0 Å². The summed E-state index contributed by atoms with van der Waals surface area (Å²) in [7, 11) is 1.98. The highest BCUT2D eigenvalue weighted by Crippen LogP contribution is 2.33. The molecule has 6 N–H and O–H groups in total. The second kappa shape index (κ2) is 16.7. The number of allylic oxidation sites excluding steroid dienone is 1. The fourth-order valence-electron chi connectivity index (χ4n) is 2.77. The van der Waals surface area contributed by atoms with Gasteiger partial charge in [0.2, 0.25) is 11.8 Å². The van der Waals surface area contributed by atoms with Gasteiger partial charge >= 0.3 is 0 Å². The molecule has 0 saturated carbocycles. The van der Waals surface area contributed by atoms with Crippen molar-refractivity contribution in [3.63, 3.8) is 0 Å². The van der Waals surface area contributed by atoms with Gasteiger partial charge in [-0.2, -0.15) is 0 Å². The van der Waals surface area contributed by atoms with Crippen molar-refractivity contribution < 1.29 is 24.1 Å². The summed E-state index contributed by atoms with van der Waals surface area (Å²) in [4.78, 5) is 34.6. The third-order valence-corrected chi connectivity index (χ3v) is 5.64. The van der Waals surface area contributed by atoms with E-state index < -0.39 is 14.4 Å². The zero-order valence-electron chi connectivity index (χ0n) is 19.2. The zero-order chi connectivity index (χ0) is 23.8. The Bertz CT molecular complexity index is 715. The fraction of sp³-hybridized carbons (Fsp3) is 0.545. The van der Waals surface area contributed by atoms with Crippen molar-refractivity contribution >= 4 is 25.9 Å². The number of anilines is 1. The molecule has 10 heteroatoms. The van der Waals surface area contributed by atoms with Crippen LogP contribution in [0.25, 0.3) is 0 Å². The van der Waals surface area contributed by atoms with Gasteiger partial charge < -0.3 is 35.8 Å². The van der Waals surface area contributed by atoms with Crippen LogP contribution in [0.2, 0.25) is 0 Å². The highest BCUT2D eigenvalue weighted by Gasteiger charge is 2.20. The topological polar surface area (TPSA) is 132 Å². The average molecular weight is 469 g/mol. The smallest absolute Gasteiger partial charge is 0.246 e. The average Bonchev–Trinajstić information content (AvgIpc) is 2.78. The molecular weight excluding hydrogens is 431 g/mol. The van der Waals surface area contributed by atoms with E-state index in [0.29, 0.717) is 24.7 Å². The molecule has 2 atom stereocenters. The summed E-state index contributed by atoms with van der Waals surface area (Å²) < 4.78 is 5.51. The first kappa shape index (κ1) is 28.2. The maximum atomic E-state index is 12.7. The van der Waals surface area contributed by atoms with Crippen molar-refractivity contribution in [1.29, 1.82) is 0 Å². The quantitative estimate of drug-likeness (QED) is 0.123. The molecule has 2 amide bonds. The number of aliphatic hydroxyl groups excluding tert-OH is 1. The number of hydrogen-bond donors (Lipinski definition) is 6. The Morgan fingerprint density at radius 1 is 1.19 bits per heavy atom. The highest BCUT2D eigenvalue weighted by atomic mass is 31.2. The molecule has 1 aromatic carbocycles. The standard InChI is InChI=1S/C22H37N4O5P/c1-17(15-27)6-5-13-32(30)31-16-18-8-10-19(11-9-18)25-22(29)20(7-4-12-23-2)26-21(28)14-24-3/h6,8-11,20,23-24,27,30H,4-5,7,12-16H2,1-3H3,(H,25,29)(H,26,28)/b17-6+. The number of carbonyl (C=O) groups is 2. The third kappa shape index (κ3) is 12.2. The Morgan fingerprint density at radius 3 is 2.53 bits per heavy atom. The summed E-state index contributed by atoms with van der Waals surface area (Å²) in [5.74, 6) is -0.494. The molecule has 32 heavy (non-hydrogen) atoms. The molecule has 1 aromatic rings. The summed E-state index contributed by atoms with van der Waals surface area (Å²) in [6.45, 7) is 3.03. The van der Waals surface area contributed by atoms with Crippen molar-refractivity contribution in [1.82, 2.24) is 16.0 Å². The van der Waals surface area contributed by atoms with Gasteiger partial charge in [0.05, 0.1) is 19.8 Å². The van der Waals surface area contributed by atoms with E-state index in [-0.39, 0.29) is 31.6 Å². The SMILES string of the molecule is CNCCCC(NC(=O)CNC)C(=O)Nc1ccc(COP(O)CC/C=C(\C)CO)cc1. The molecule has 0 aliphatic carbocycles. The molecule has 0 radical (unpaired) electrons. The summed E-state index contributed by atoms with van der Waals surface area (Å²) >= 11 is 0. The van der Waals surface area contributed by atoms with Crippen LogP contribution in [0.5, 0.6) is 0 Å². The lowest BCUT2D eigenvalue weighted by atomic mass is 10.1. The van der Waals surface area contributed by atoms with E-state index in [1.807, 2.05) is 32.2 Å². The van der Waals surface area contributed by atoms with E-state index in [1.165, 1.54) is 0 Å². The molecular formula is C22H37N4O5P. The van der Waals surface area contributed by atoms with Gasteiger partial charge in [-0.25, -0.2) is 0 Å². The van der Waals surface area contributed by atoms with Crippen LogP contribution in [0.15, 0.2) is 35.9 Å². The molecule has 2 unspecified atom stereocenters. The van der Waals surface area contributed by atoms with Gasteiger partial charge in [0.25, 0.3) is 0 Å². The fourth-order valence-corrected chi connectivity index (χ4v) is 3.55. The van der Waals surface area contributed by atoms with Crippen LogP contribution in [0.4, 0.5) is 5.69 Å². The Morgan fingerprint density at radius 2 is 1.91 bits per heavy atom. The van der Waals surface area contributed by atoms with Gasteiger partial charge in [0.1, 0.15) is 6.04 Å². The molecule has 9 nitrogen and oxygen atoms in total. The van der Waals surface area contributed by atoms with E-state index >= 15 is 0 Å². The van der Waals surface area contributed by atoms with Gasteiger partial charge in [0.15, 0.2) is 8.38 Å². The molecule has 0 spiro atoms. The molecule has 0 bridgehead atoms. The van der Waals surface area contributed by atoms with Gasteiger partial charge in [-0.15, -0.1) is 0 Å². The van der Waals surface area contributed by atoms with E-state index in [4.69, 9.17) is 9.63 Å². The van der Waals surface area contributed by atoms with E-state index in [2.05, 4.69) is 21.3 Å². The predicted octanol–water partition coefficient (Wildman–Crippen LogP) is 1.48. The largest absolute Gasteiger partial charge is 0.392 e. The first-order chi connectivity index (χ1) is 15.4. The second-order valence-corrected chi connectivity index (χ2v) is 8.84. The van der Waals surface area contributed by atoms with E-state index in [9.17, 15) is 14.5 Å². The minimum atomic E-state index is -1.54. The van der Waals surface area contributed by atoms with Crippen LogP contribution in [0.3, 0.4) is 0 Å². The minimum Gasteiger partial charge on any atom is -0.392 e. The monoisotopic (exact) mass is 468 g/mol. The number of nitrogens with one attached hydrogen (secondary N) is 4. The van der Waals surface area contributed by atoms with Crippen molar-refractivity contribution in [2.75, 3.05) is 45.3 Å². The maximum Gasteiger partial charge on any atom is 0.246 e. The van der Waals surface area contributed by atoms with Crippen molar-refractivity contribution in [2.24, 2.45) is 0 Å². The molecule has 180 valence electrons.